The molecule has 0 spiro atoms. The van der Waals surface area contributed by atoms with Crippen LogP contribution < -0.4 is 0 Å². The highest BCUT2D eigenvalue weighted by atomic mass is 16.1. The largest absolute Gasteiger partial charge is 0.298 e. The Kier molecular flexibility index (Phi) is 33.1. The number of likely N-dealkylation sites (N-methyl/N-ethyl adjacent to an activating group) is 1. The normalized spacial score (nSPS) is 16.3. The van der Waals surface area contributed by atoms with Gasteiger partial charge in [0.1, 0.15) is 5.78 Å². The molecule has 20 heavy (non-hydrogen) atoms. The highest BCUT2D eigenvalue weighted by Gasteiger charge is 2.23. The highest BCUT2D eigenvalue weighted by molar-refractivity contribution is 5.81. The minimum Gasteiger partial charge on any atom is -0.298 e. The first-order valence-electron chi connectivity index (χ1n) is 8.69. The number of hydrogen-bond donors (Lipinski definition) is 0. The van der Waals surface area contributed by atoms with E-state index in [0.29, 0.717) is 5.78 Å². The SMILES string of the molecule is CC.CC.CC.CC(=O)C1CCCN1C.CCC(C)C. The standard InChI is InChI=1S/C7H13NO.C5H12.3C2H6/c1-6(9)7-4-3-5-8(7)2;1-4-5(2)3;3*1-2/h7H,3-5H2,1-2H3;5H,4H2,1-3H3;3*1-2H3. The number of rotatable bonds is 2. The fraction of sp³-hybridized carbons (Fsp3) is 0.944. The molecule has 1 aliphatic rings. The van der Waals surface area contributed by atoms with Gasteiger partial charge in [-0.25, -0.2) is 0 Å². The minimum absolute atomic E-state index is 0.227. The number of ketones is 1. The van der Waals surface area contributed by atoms with Crippen molar-refractivity contribution in [1.82, 2.24) is 4.90 Å². The summed E-state index contributed by atoms with van der Waals surface area (Å²) in [5.41, 5.74) is 0. The minimum atomic E-state index is 0.227. The molecule has 1 heterocycles. The van der Waals surface area contributed by atoms with Crippen molar-refractivity contribution in [3.05, 3.63) is 0 Å². The lowest BCUT2D eigenvalue weighted by Gasteiger charge is -2.14. The van der Waals surface area contributed by atoms with Crippen molar-refractivity contribution in [2.24, 2.45) is 5.92 Å². The third-order valence-electron chi connectivity index (χ3n) is 2.81. The first kappa shape index (κ1) is 27.9. The molecule has 0 N–H and O–H groups in total. The van der Waals surface area contributed by atoms with Gasteiger partial charge in [0.25, 0.3) is 0 Å². The van der Waals surface area contributed by atoms with Crippen molar-refractivity contribution in [3.8, 4) is 0 Å². The molecule has 0 amide bonds. The number of Topliss-reactive ketones (excluding diaryl/α,β-unsaturated/α-hetero) is 1. The Labute approximate surface area is 130 Å². The van der Waals surface area contributed by atoms with Gasteiger partial charge in [-0.1, -0.05) is 68.7 Å². The molecule has 1 atom stereocenters. The Bertz CT molecular complexity index is 167. The molecule has 1 unspecified atom stereocenters. The van der Waals surface area contributed by atoms with Crippen molar-refractivity contribution >= 4 is 5.78 Å². The average molecular weight is 290 g/mol. The van der Waals surface area contributed by atoms with E-state index in [2.05, 4.69) is 25.7 Å². The average Bonchev–Trinajstić information content (AvgIpc) is 2.92. The molecule has 0 radical (unpaired) electrons. The van der Waals surface area contributed by atoms with Crippen molar-refractivity contribution in [3.63, 3.8) is 0 Å². The van der Waals surface area contributed by atoms with Crippen LogP contribution in [-0.2, 0) is 4.79 Å². The molecule has 1 aliphatic heterocycles. The fourth-order valence-electron chi connectivity index (χ4n) is 1.42. The van der Waals surface area contributed by atoms with E-state index in [0.717, 1.165) is 18.9 Å². The first-order valence-corrected chi connectivity index (χ1v) is 8.69. The molecule has 126 valence electrons. The van der Waals surface area contributed by atoms with Crippen LogP contribution in [0.2, 0.25) is 0 Å². The summed E-state index contributed by atoms with van der Waals surface area (Å²) in [6, 6.07) is 0.227. The Hall–Kier alpha value is -0.370. The van der Waals surface area contributed by atoms with Gasteiger partial charge >= 0.3 is 0 Å². The lowest BCUT2D eigenvalue weighted by molar-refractivity contribution is -0.120. The summed E-state index contributed by atoms with van der Waals surface area (Å²) >= 11 is 0. The lowest BCUT2D eigenvalue weighted by atomic mass is 10.1. The highest BCUT2D eigenvalue weighted by Crippen LogP contribution is 2.14. The maximum atomic E-state index is 10.8. The molecular weight excluding hydrogens is 246 g/mol. The van der Waals surface area contributed by atoms with Gasteiger partial charge in [-0.2, -0.15) is 0 Å². The van der Waals surface area contributed by atoms with E-state index in [9.17, 15) is 4.79 Å². The van der Waals surface area contributed by atoms with Crippen LogP contribution in [0.5, 0.6) is 0 Å². The second-order valence-electron chi connectivity index (χ2n) is 4.55. The van der Waals surface area contributed by atoms with Crippen molar-refractivity contribution in [1.29, 1.82) is 0 Å². The van der Waals surface area contributed by atoms with Gasteiger partial charge in [-0.15, -0.1) is 0 Å². The molecule has 2 nitrogen and oxygen atoms in total. The summed E-state index contributed by atoms with van der Waals surface area (Å²) in [5.74, 6) is 1.20. The van der Waals surface area contributed by atoms with Crippen LogP contribution in [0.1, 0.15) is 88.5 Å². The molecule has 0 bridgehead atoms. The zero-order valence-corrected chi connectivity index (χ0v) is 16.3. The summed E-state index contributed by atoms with van der Waals surface area (Å²) in [4.78, 5) is 12.9. The number of carbonyl (C=O) groups is 1. The maximum absolute atomic E-state index is 10.8. The number of carbonyl (C=O) groups excluding carboxylic acids is 1. The van der Waals surface area contributed by atoms with Crippen molar-refractivity contribution in [2.75, 3.05) is 13.6 Å². The van der Waals surface area contributed by atoms with Crippen LogP contribution >= 0.6 is 0 Å². The predicted molar refractivity (Wildman–Crippen MR) is 95.5 cm³/mol. The van der Waals surface area contributed by atoms with Gasteiger partial charge in [0.2, 0.25) is 0 Å². The van der Waals surface area contributed by atoms with E-state index in [1.807, 2.05) is 48.6 Å². The smallest absolute Gasteiger partial charge is 0.146 e. The summed E-state index contributed by atoms with van der Waals surface area (Å²) in [6.45, 7) is 21.4. The zero-order valence-electron chi connectivity index (χ0n) is 16.3. The number of hydrogen-bond acceptors (Lipinski definition) is 2. The van der Waals surface area contributed by atoms with Gasteiger partial charge in [0, 0.05) is 0 Å². The number of likely N-dealkylation sites (tertiary alicyclic amines) is 1. The zero-order chi connectivity index (χ0) is 17.1. The summed E-state index contributed by atoms with van der Waals surface area (Å²) in [6.07, 6.45) is 3.55. The molecule has 1 saturated heterocycles. The van der Waals surface area contributed by atoms with Crippen LogP contribution in [0.3, 0.4) is 0 Å². The molecule has 0 aromatic carbocycles. The van der Waals surface area contributed by atoms with Crippen LogP contribution in [-0.4, -0.2) is 30.3 Å². The molecule has 1 rings (SSSR count). The van der Waals surface area contributed by atoms with E-state index in [4.69, 9.17) is 0 Å². The van der Waals surface area contributed by atoms with Crippen LogP contribution in [0.15, 0.2) is 0 Å². The third-order valence-corrected chi connectivity index (χ3v) is 2.81. The molecule has 0 aromatic rings. The summed E-state index contributed by atoms with van der Waals surface area (Å²) < 4.78 is 0. The van der Waals surface area contributed by atoms with E-state index in [-0.39, 0.29) is 6.04 Å². The van der Waals surface area contributed by atoms with E-state index in [1.165, 1.54) is 12.8 Å². The second kappa shape index (κ2) is 23.7. The van der Waals surface area contributed by atoms with Crippen molar-refractivity contribution < 1.29 is 4.79 Å². The van der Waals surface area contributed by atoms with E-state index in [1.54, 1.807) is 6.92 Å². The Morgan fingerprint density at radius 2 is 1.45 bits per heavy atom. The molecule has 1 fully saturated rings. The van der Waals surface area contributed by atoms with Crippen LogP contribution in [0.4, 0.5) is 0 Å². The van der Waals surface area contributed by atoms with E-state index < -0.39 is 0 Å². The lowest BCUT2D eigenvalue weighted by Crippen LogP contribution is -2.30. The second-order valence-corrected chi connectivity index (χ2v) is 4.55. The van der Waals surface area contributed by atoms with Gasteiger partial charge in [0.05, 0.1) is 6.04 Å². The summed E-state index contributed by atoms with van der Waals surface area (Å²) in [5, 5.41) is 0. The van der Waals surface area contributed by atoms with Crippen LogP contribution in [0.25, 0.3) is 0 Å². The number of nitrogens with zero attached hydrogens (tertiary/aromatic N) is 1. The molecule has 0 saturated carbocycles. The molecule has 2 heteroatoms. The molecular formula is C18H43NO. The van der Waals surface area contributed by atoms with Gasteiger partial charge < -0.3 is 0 Å². The third kappa shape index (κ3) is 20.0. The molecule has 0 aromatic heterocycles. The van der Waals surface area contributed by atoms with Crippen LogP contribution in [0, 0.1) is 5.92 Å². The Morgan fingerprint density at radius 1 is 1.10 bits per heavy atom. The Balaban J connectivity index is -0.000000100. The Morgan fingerprint density at radius 3 is 1.55 bits per heavy atom. The van der Waals surface area contributed by atoms with Crippen molar-refractivity contribution in [2.45, 2.75) is 94.5 Å². The maximum Gasteiger partial charge on any atom is 0.146 e. The van der Waals surface area contributed by atoms with Gasteiger partial charge in [-0.3, -0.25) is 9.69 Å². The van der Waals surface area contributed by atoms with Gasteiger partial charge in [0.15, 0.2) is 0 Å². The quantitative estimate of drug-likeness (QED) is 0.640. The first-order chi connectivity index (χ1) is 9.49. The monoisotopic (exact) mass is 289 g/mol. The molecule has 0 aliphatic carbocycles. The van der Waals surface area contributed by atoms with E-state index >= 15 is 0 Å². The van der Waals surface area contributed by atoms with Gasteiger partial charge in [-0.05, 0) is 39.3 Å². The summed E-state index contributed by atoms with van der Waals surface area (Å²) in [7, 11) is 2.01. The fourth-order valence-corrected chi connectivity index (χ4v) is 1.42. The predicted octanol–water partition coefficient (Wildman–Crippen LogP) is 5.80. The topological polar surface area (TPSA) is 20.3 Å².